The van der Waals surface area contributed by atoms with E-state index in [-0.39, 0.29) is 6.03 Å². The summed E-state index contributed by atoms with van der Waals surface area (Å²) in [6.07, 6.45) is 3.23. The van der Waals surface area contributed by atoms with Crippen LogP contribution in [0.2, 0.25) is 0 Å². The second-order valence-corrected chi connectivity index (χ2v) is 6.18. The maximum atomic E-state index is 12.2. The highest BCUT2D eigenvalue weighted by Gasteiger charge is 2.23. The average molecular weight is 289 g/mol. The number of urea groups is 1. The van der Waals surface area contributed by atoms with Crippen LogP contribution >= 0.6 is 0 Å². The summed E-state index contributed by atoms with van der Waals surface area (Å²) in [5.41, 5.74) is 1.27. The molecule has 1 fully saturated rings. The van der Waals surface area contributed by atoms with E-state index in [1.807, 2.05) is 23.1 Å². The Morgan fingerprint density at radius 3 is 2.81 bits per heavy atom. The lowest BCUT2D eigenvalue weighted by Crippen LogP contribution is -2.47. The molecule has 2 rings (SSSR count). The van der Waals surface area contributed by atoms with Gasteiger partial charge in [0.05, 0.1) is 0 Å². The third-order valence-electron chi connectivity index (χ3n) is 3.96. The molecular weight excluding hydrogens is 262 g/mol. The van der Waals surface area contributed by atoms with Gasteiger partial charge in [0.2, 0.25) is 0 Å². The highest BCUT2D eigenvalue weighted by molar-refractivity contribution is 5.74. The topological polar surface area (TPSA) is 35.6 Å². The van der Waals surface area contributed by atoms with E-state index in [1.54, 1.807) is 0 Å². The molecule has 1 aliphatic heterocycles. The van der Waals surface area contributed by atoms with Gasteiger partial charge in [-0.15, -0.1) is 0 Å². The first-order valence-electron chi connectivity index (χ1n) is 7.86. The molecule has 0 bridgehead atoms. The lowest BCUT2D eigenvalue weighted by molar-refractivity contribution is 0.153. The largest absolute Gasteiger partial charge is 0.338 e. The van der Waals surface area contributed by atoms with Gasteiger partial charge in [0.15, 0.2) is 0 Å². The van der Waals surface area contributed by atoms with Crippen molar-refractivity contribution in [2.75, 3.05) is 40.3 Å². The molecule has 1 aliphatic rings. The van der Waals surface area contributed by atoms with E-state index < -0.39 is 0 Å². The summed E-state index contributed by atoms with van der Waals surface area (Å²) in [5, 5.41) is 3.05. The minimum Gasteiger partial charge on any atom is -0.338 e. The standard InChI is InChI=1S/C17H27N3O/c1-19(2)13-16-9-6-12-20(14-16)17(21)18-11-10-15-7-4-3-5-8-15/h3-5,7-8,16H,6,9-14H2,1-2H3,(H,18,21)/t16-/m0/s1. The average Bonchev–Trinajstić information content (AvgIpc) is 2.48. The molecule has 0 unspecified atom stereocenters. The summed E-state index contributed by atoms with van der Waals surface area (Å²) in [7, 11) is 4.19. The fraction of sp³-hybridized carbons (Fsp3) is 0.588. The van der Waals surface area contributed by atoms with Crippen LogP contribution < -0.4 is 5.32 Å². The van der Waals surface area contributed by atoms with Crippen LogP contribution in [0.4, 0.5) is 4.79 Å². The number of amides is 2. The van der Waals surface area contributed by atoms with E-state index in [0.29, 0.717) is 12.5 Å². The second-order valence-electron chi connectivity index (χ2n) is 6.18. The Morgan fingerprint density at radius 1 is 1.33 bits per heavy atom. The number of carbonyl (C=O) groups is 1. The summed E-state index contributed by atoms with van der Waals surface area (Å²) >= 11 is 0. The van der Waals surface area contributed by atoms with Crippen molar-refractivity contribution in [1.29, 1.82) is 0 Å². The maximum Gasteiger partial charge on any atom is 0.317 e. The fourth-order valence-electron chi connectivity index (χ4n) is 2.99. The van der Waals surface area contributed by atoms with E-state index in [1.165, 1.54) is 12.0 Å². The van der Waals surface area contributed by atoms with Crippen molar-refractivity contribution < 1.29 is 4.79 Å². The summed E-state index contributed by atoms with van der Waals surface area (Å²) in [6, 6.07) is 10.4. The number of piperidine rings is 1. The van der Waals surface area contributed by atoms with Crippen LogP contribution in [0.15, 0.2) is 30.3 Å². The number of likely N-dealkylation sites (tertiary alicyclic amines) is 1. The van der Waals surface area contributed by atoms with Crippen LogP contribution in [0.3, 0.4) is 0 Å². The minimum absolute atomic E-state index is 0.0920. The second kappa shape index (κ2) is 8.03. The molecule has 116 valence electrons. The molecule has 1 saturated heterocycles. The van der Waals surface area contributed by atoms with Crippen LogP contribution in [0.25, 0.3) is 0 Å². The van der Waals surface area contributed by atoms with E-state index in [2.05, 4.69) is 36.4 Å². The predicted octanol–water partition coefficient (Wildman–Crippen LogP) is 2.21. The van der Waals surface area contributed by atoms with Crippen LogP contribution in [-0.2, 0) is 6.42 Å². The van der Waals surface area contributed by atoms with Crippen molar-refractivity contribution in [3.8, 4) is 0 Å². The first-order valence-corrected chi connectivity index (χ1v) is 7.86. The number of nitrogens with one attached hydrogen (secondary N) is 1. The first-order chi connectivity index (χ1) is 10.1. The molecule has 4 heteroatoms. The van der Waals surface area contributed by atoms with E-state index in [4.69, 9.17) is 0 Å². The number of nitrogens with zero attached hydrogens (tertiary/aromatic N) is 2. The number of carbonyl (C=O) groups excluding carboxylic acids is 1. The summed E-state index contributed by atoms with van der Waals surface area (Å²) in [5.74, 6) is 0.605. The van der Waals surface area contributed by atoms with Crippen molar-refractivity contribution >= 4 is 6.03 Å². The van der Waals surface area contributed by atoms with E-state index in [9.17, 15) is 4.79 Å². The third-order valence-corrected chi connectivity index (χ3v) is 3.96. The van der Waals surface area contributed by atoms with Gasteiger partial charge >= 0.3 is 6.03 Å². The zero-order valence-corrected chi connectivity index (χ0v) is 13.2. The zero-order chi connectivity index (χ0) is 15.1. The molecular formula is C17H27N3O. The monoisotopic (exact) mass is 289 g/mol. The Balaban J connectivity index is 1.72. The Morgan fingerprint density at radius 2 is 2.10 bits per heavy atom. The van der Waals surface area contributed by atoms with E-state index >= 15 is 0 Å². The quantitative estimate of drug-likeness (QED) is 0.902. The zero-order valence-electron chi connectivity index (χ0n) is 13.2. The molecule has 0 radical (unpaired) electrons. The highest BCUT2D eigenvalue weighted by atomic mass is 16.2. The van der Waals surface area contributed by atoms with Gasteiger partial charge in [-0.05, 0) is 44.8 Å². The molecule has 0 aromatic heterocycles. The predicted molar refractivity (Wildman–Crippen MR) is 86.4 cm³/mol. The Kier molecular flexibility index (Phi) is 6.05. The van der Waals surface area contributed by atoms with Gasteiger partial charge < -0.3 is 15.1 Å². The van der Waals surface area contributed by atoms with E-state index in [0.717, 1.165) is 32.5 Å². The maximum absolute atomic E-state index is 12.2. The molecule has 2 amide bonds. The molecule has 1 N–H and O–H groups in total. The molecule has 0 spiro atoms. The van der Waals surface area contributed by atoms with Gasteiger partial charge in [0.25, 0.3) is 0 Å². The van der Waals surface area contributed by atoms with Crippen LogP contribution in [0, 0.1) is 5.92 Å². The SMILES string of the molecule is CN(C)C[C@@H]1CCCN(C(=O)NCCc2ccccc2)C1. The molecule has 21 heavy (non-hydrogen) atoms. The van der Waals surface area contributed by atoms with Crippen LogP contribution in [0.1, 0.15) is 18.4 Å². The number of rotatable bonds is 5. The Bertz CT molecular complexity index is 433. The van der Waals surface area contributed by atoms with Gasteiger partial charge in [-0.25, -0.2) is 4.79 Å². The smallest absolute Gasteiger partial charge is 0.317 e. The van der Waals surface area contributed by atoms with Crippen molar-refractivity contribution in [2.24, 2.45) is 5.92 Å². The number of hydrogen-bond donors (Lipinski definition) is 1. The molecule has 1 heterocycles. The Hall–Kier alpha value is -1.55. The van der Waals surface area contributed by atoms with Crippen LogP contribution in [0.5, 0.6) is 0 Å². The molecule has 0 aliphatic carbocycles. The molecule has 4 nitrogen and oxygen atoms in total. The summed E-state index contributed by atoms with van der Waals surface area (Å²) in [6.45, 7) is 3.54. The Labute approximate surface area is 128 Å². The molecule has 0 saturated carbocycles. The minimum atomic E-state index is 0.0920. The highest BCUT2D eigenvalue weighted by Crippen LogP contribution is 2.16. The summed E-state index contributed by atoms with van der Waals surface area (Å²) in [4.78, 5) is 16.4. The van der Waals surface area contributed by atoms with Gasteiger partial charge in [0.1, 0.15) is 0 Å². The first kappa shape index (κ1) is 15.8. The van der Waals surface area contributed by atoms with Gasteiger partial charge in [0, 0.05) is 26.2 Å². The lowest BCUT2D eigenvalue weighted by atomic mass is 9.98. The summed E-state index contributed by atoms with van der Waals surface area (Å²) < 4.78 is 0. The van der Waals surface area contributed by atoms with Gasteiger partial charge in [-0.3, -0.25) is 0 Å². The number of benzene rings is 1. The van der Waals surface area contributed by atoms with Crippen molar-refractivity contribution in [3.05, 3.63) is 35.9 Å². The number of hydrogen-bond acceptors (Lipinski definition) is 2. The van der Waals surface area contributed by atoms with Crippen LogP contribution in [-0.4, -0.2) is 56.1 Å². The normalized spacial score (nSPS) is 18.8. The van der Waals surface area contributed by atoms with Crippen molar-refractivity contribution in [2.45, 2.75) is 19.3 Å². The third kappa shape index (κ3) is 5.38. The van der Waals surface area contributed by atoms with Gasteiger partial charge in [-0.2, -0.15) is 0 Å². The molecule has 1 atom stereocenters. The van der Waals surface area contributed by atoms with Gasteiger partial charge in [-0.1, -0.05) is 30.3 Å². The molecule has 1 aromatic rings. The molecule has 1 aromatic carbocycles. The van der Waals surface area contributed by atoms with Crippen molar-refractivity contribution in [3.63, 3.8) is 0 Å². The lowest BCUT2D eigenvalue weighted by Gasteiger charge is -2.34. The fourth-order valence-corrected chi connectivity index (χ4v) is 2.99. The van der Waals surface area contributed by atoms with Crippen molar-refractivity contribution in [1.82, 2.24) is 15.1 Å².